The van der Waals surface area contributed by atoms with Crippen molar-refractivity contribution in [2.45, 2.75) is 33.6 Å². The second kappa shape index (κ2) is 13.1. The molecule has 0 bridgehead atoms. The summed E-state index contributed by atoms with van der Waals surface area (Å²) >= 11 is 0. The van der Waals surface area contributed by atoms with Crippen LogP contribution in [-0.2, 0) is 12.8 Å². The van der Waals surface area contributed by atoms with Crippen LogP contribution in [0.4, 0.5) is 0 Å². The highest BCUT2D eigenvalue weighted by atomic mass is 127. The van der Waals surface area contributed by atoms with Gasteiger partial charge in [-0.1, -0.05) is 12.1 Å². The number of benzene rings is 1. The first-order chi connectivity index (χ1) is 15.1. The van der Waals surface area contributed by atoms with Gasteiger partial charge in [0.15, 0.2) is 17.5 Å². The van der Waals surface area contributed by atoms with Crippen LogP contribution in [0, 0.1) is 6.92 Å². The van der Waals surface area contributed by atoms with Gasteiger partial charge in [-0.2, -0.15) is 0 Å². The number of ether oxygens (including phenoxy) is 2. The fraction of sp³-hybridized carbons (Fsp3) is 0.417. The van der Waals surface area contributed by atoms with E-state index in [4.69, 9.17) is 14.5 Å². The van der Waals surface area contributed by atoms with Crippen LogP contribution in [0.3, 0.4) is 0 Å². The molecule has 2 heterocycles. The van der Waals surface area contributed by atoms with Crippen LogP contribution in [0.5, 0.6) is 11.5 Å². The highest BCUT2D eigenvalue weighted by Gasteiger charge is 2.07. The molecule has 0 aliphatic carbocycles. The van der Waals surface area contributed by atoms with Gasteiger partial charge in [0.2, 0.25) is 0 Å². The van der Waals surface area contributed by atoms with Crippen molar-refractivity contribution in [2.24, 2.45) is 4.99 Å². The lowest BCUT2D eigenvalue weighted by Gasteiger charge is -2.14. The number of aromatic nitrogens is 2. The Morgan fingerprint density at radius 3 is 2.44 bits per heavy atom. The number of hydrogen-bond donors (Lipinski definition) is 2. The fourth-order valence-electron chi connectivity index (χ4n) is 3.43. The van der Waals surface area contributed by atoms with Crippen LogP contribution >= 0.6 is 24.0 Å². The van der Waals surface area contributed by atoms with Gasteiger partial charge in [-0.15, -0.1) is 24.0 Å². The molecule has 3 rings (SSSR count). The third-order valence-electron chi connectivity index (χ3n) is 4.94. The number of hydrogen-bond acceptors (Lipinski definition) is 4. The number of halogens is 1. The Labute approximate surface area is 207 Å². The molecule has 0 amide bonds. The van der Waals surface area contributed by atoms with E-state index < -0.39 is 0 Å². The van der Waals surface area contributed by atoms with Crippen LogP contribution in [0.25, 0.3) is 5.65 Å². The van der Waals surface area contributed by atoms with Gasteiger partial charge in [-0.3, -0.25) is 4.99 Å². The maximum atomic E-state index is 5.71. The molecule has 7 nitrogen and oxygen atoms in total. The lowest BCUT2D eigenvalue weighted by atomic mass is 10.1. The predicted molar refractivity (Wildman–Crippen MR) is 141 cm³/mol. The number of rotatable bonds is 10. The summed E-state index contributed by atoms with van der Waals surface area (Å²) in [6, 6.07) is 10.2. The molecule has 0 saturated heterocycles. The molecule has 0 atom stereocenters. The van der Waals surface area contributed by atoms with Gasteiger partial charge in [0.05, 0.1) is 18.9 Å². The van der Waals surface area contributed by atoms with Gasteiger partial charge >= 0.3 is 0 Å². The van der Waals surface area contributed by atoms with Crippen molar-refractivity contribution in [1.82, 2.24) is 20.0 Å². The summed E-state index contributed by atoms with van der Waals surface area (Å²) in [6.07, 6.45) is 5.81. The monoisotopic (exact) mass is 551 g/mol. The molecular weight excluding hydrogens is 517 g/mol. The Balaban J connectivity index is 0.00000363. The minimum Gasteiger partial charge on any atom is -0.490 e. The molecule has 0 radical (unpaired) electrons. The molecule has 174 valence electrons. The minimum atomic E-state index is 0. The van der Waals surface area contributed by atoms with Crippen molar-refractivity contribution in [3.8, 4) is 11.5 Å². The zero-order valence-electron chi connectivity index (χ0n) is 19.4. The van der Waals surface area contributed by atoms with Crippen molar-refractivity contribution in [1.29, 1.82) is 0 Å². The quantitative estimate of drug-likeness (QED) is 0.227. The number of pyridine rings is 1. The van der Waals surface area contributed by atoms with Crippen molar-refractivity contribution in [3.05, 3.63) is 59.5 Å². The largest absolute Gasteiger partial charge is 0.490 e. The SMILES string of the molecule is CCOc1ccc(CCNC(=NC)NCCc2cn3cccc(C)c3n2)cc1OCC.I. The van der Waals surface area contributed by atoms with E-state index in [-0.39, 0.29) is 24.0 Å². The van der Waals surface area contributed by atoms with Gasteiger partial charge < -0.3 is 24.5 Å². The average molecular weight is 551 g/mol. The molecule has 0 fully saturated rings. The Bertz CT molecular complexity index is 1020. The molecule has 3 aromatic rings. The van der Waals surface area contributed by atoms with Gasteiger partial charge in [0, 0.05) is 39.0 Å². The number of nitrogens with one attached hydrogen (secondary N) is 2. The second-order valence-corrected chi connectivity index (χ2v) is 7.23. The number of guanidine groups is 1. The van der Waals surface area contributed by atoms with Crippen LogP contribution in [0.1, 0.15) is 30.7 Å². The zero-order valence-corrected chi connectivity index (χ0v) is 21.7. The standard InChI is InChI=1S/C24H33N5O2.HI/c1-5-30-21-10-9-19(16-22(21)31-6-2)11-13-26-24(25-4)27-14-12-20-17-29-15-7-8-18(3)23(29)28-20;/h7-10,15-17H,5-6,11-14H2,1-4H3,(H2,25,26,27);1H. The molecule has 0 spiro atoms. The van der Waals surface area contributed by atoms with Crippen LogP contribution in [0.15, 0.2) is 47.7 Å². The summed E-state index contributed by atoms with van der Waals surface area (Å²) in [5.74, 6) is 2.38. The molecule has 0 unspecified atom stereocenters. The third kappa shape index (κ3) is 7.01. The molecule has 8 heteroatoms. The van der Waals surface area contributed by atoms with E-state index in [2.05, 4.69) is 51.3 Å². The number of nitrogens with zero attached hydrogens (tertiary/aromatic N) is 3. The first kappa shape index (κ1) is 25.8. The van der Waals surface area contributed by atoms with Crippen LogP contribution in [-0.4, -0.2) is 48.7 Å². The zero-order chi connectivity index (χ0) is 22.1. The first-order valence-corrected chi connectivity index (χ1v) is 10.9. The fourth-order valence-corrected chi connectivity index (χ4v) is 3.43. The lowest BCUT2D eigenvalue weighted by Crippen LogP contribution is -2.39. The van der Waals surface area contributed by atoms with E-state index in [0.717, 1.165) is 54.7 Å². The Kier molecular flexibility index (Phi) is 10.6. The Morgan fingerprint density at radius 2 is 1.75 bits per heavy atom. The van der Waals surface area contributed by atoms with Crippen molar-refractivity contribution in [2.75, 3.05) is 33.4 Å². The van der Waals surface area contributed by atoms with E-state index in [1.165, 1.54) is 11.1 Å². The summed E-state index contributed by atoms with van der Waals surface area (Å²) in [7, 11) is 1.79. The molecule has 1 aromatic carbocycles. The minimum absolute atomic E-state index is 0. The van der Waals surface area contributed by atoms with Crippen molar-refractivity contribution < 1.29 is 9.47 Å². The summed E-state index contributed by atoms with van der Waals surface area (Å²) < 4.78 is 13.4. The Morgan fingerprint density at radius 1 is 1.03 bits per heavy atom. The number of fused-ring (bicyclic) bond motifs is 1. The van der Waals surface area contributed by atoms with Crippen LogP contribution in [0.2, 0.25) is 0 Å². The number of aryl methyl sites for hydroxylation is 1. The molecule has 0 saturated carbocycles. The molecule has 0 aliphatic heterocycles. The second-order valence-electron chi connectivity index (χ2n) is 7.23. The summed E-state index contributed by atoms with van der Waals surface area (Å²) in [6.45, 7) is 8.81. The van der Waals surface area contributed by atoms with Crippen LogP contribution < -0.4 is 20.1 Å². The van der Waals surface area contributed by atoms with E-state index >= 15 is 0 Å². The summed E-state index contributed by atoms with van der Waals surface area (Å²) in [5, 5.41) is 6.74. The topological polar surface area (TPSA) is 72.2 Å². The molecular formula is C24H34IN5O2. The Hall–Kier alpha value is -2.49. The normalized spacial score (nSPS) is 11.2. The first-order valence-electron chi connectivity index (χ1n) is 10.9. The van der Waals surface area contributed by atoms with Gasteiger partial charge in [-0.05, 0) is 56.5 Å². The highest BCUT2D eigenvalue weighted by Crippen LogP contribution is 2.28. The van der Waals surface area contributed by atoms with E-state index in [1.54, 1.807) is 7.05 Å². The van der Waals surface area contributed by atoms with Crippen molar-refractivity contribution in [3.63, 3.8) is 0 Å². The van der Waals surface area contributed by atoms with E-state index in [1.807, 2.05) is 32.2 Å². The molecule has 32 heavy (non-hydrogen) atoms. The summed E-state index contributed by atoms with van der Waals surface area (Å²) in [5.41, 5.74) is 4.45. The number of aliphatic imine (C=N–C) groups is 1. The predicted octanol–water partition coefficient (Wildman–Crippen LogP) is 4.01. The van der Waals surface area contributed by atoms with Gasteiger partial charge in [0.25, 0.3) is 0 Å². The lowest BCUT2D eigenvalue weighted by molar-refractivity contribution is 0.287. The molecule has 2 aromatic heterocycles. The third-order valence-corrected chi connectivity index (χ3v) is 4.94. The number of imidazole rings is 1. The smallest absolute Gasteiger partial charge is 0.190 e. The maximum Gasteiger partial charge on any atom is 0.190 e. The summed E-state index contributed by atoms with van der Waals surface area (Å²) in [4.78, 5) is 9.04. The van der Waals surface area contributed by atoms with Crippen molar-refractivity contribution >= 4 is 35.6 Å². The van der Waals surface area contributed by atoms with E-state index in [0.29, 0.717) is 13.2 Å². The highest BCUT2D eigenvalue weighted by molar-refractivity contribution is 14.0. The molecule has 2 N–H and O–H groups in total. The van der Waals surface area contributed by atoms with E-state index in [9.17, 15) is 0 Å². The van der Waals surface area contributed by atoms with Gasteiger partial charge in [-0.25, -0.2) is 4.98 Å². The maximum absolute atomic E-state index is 5.71. The molecule has 0 aliphatic rings. The van der Waals surface area contributed by atoms with Gasteiger partial charge in [0.1, 0.15) is 5.65 Å². The average Bonchev–Trinajstić information content (AvgIpc) is 3.19.